The number of thioether (sulfide) groups is 1. The summed E-state index contributed by atoms with van der Waals surface area (Å²) >= 11 is 1.92. The van der Waals surface area contributed by atoms with Crippen molar-refractivity contribution < 1.29 is 8.42 Å². The normalized spacial score (nSPS) is 16.0. The first-order chi connectivity index (χ1) is 10.6. The van der Waals surface area contributed by atoms with Gasteiger partial charge in [0.25, 0.3) is 0 Å². The summed E-state index contributed by atoms with van der Waals surface area (Å²) in [5, 5.41) is 0. The highest BCUT2D eigenvalue weighted by molar-refractivity contribution is 14.0. The molecule has 1 saturated heterocycles. The van der Waals surface area contributed by atoms with Crippen LogP contribution in [0.5, 0.6) is 0 Å². The highest BCUT2D eigenvalue weighted by atomic mass is 127. The summed E-state index contributed by atoms with van der Waals surface area (Å²) in [6.45, 7) is 2.31. The quantitative estimate of drug-likeness (QED) is 0.299. The van der Waals surface area contributed by atoms with Crippen LogP contribution in [0.2, 0.25) is 0 Å². The molecular formula is C15H24IN3O2S2. The van der Waals surface area contributed by atoms with Gasteiger partial charge in [-0.3, -0.25) is 4.99 Å². The van der Waals surface area contributed by atoms with Gasteiger partial charge in [-0.15, -0.1) is 24.0 Å². The second-order valence-corrected chi connectivity index (χ2v) is 8.68. The van der Waals surface area contributed by atoms with E-state index in [4.69, 9.17) is 5.73 Å². The van der Waals surface area contributed by atoms with Crippen LogP contribution in [0.3, 0.4) is 0 Å². The van der Waals surface area contributed by atoms with Crippen molar-refractivity contribution in [1.29, 1.82) is 0 Å². The Hall–Kier alpha value is -0.480. The molecule has 0 bridgehead atoms. The van der Waals surface area contributed by atoms with Crippen molar-refractivity contribution in [2.75, 3.05) is 36.9 Å². The van der Waals surface area contributed by atoms with Crippen molar-refractivity contribution in [2.24, 2.45) is 10.7 Å². The number of halogens is 1. The lowest BCUT2D eigenvalue weighted by atomic mass is 10.2. The molecule has 2 N–H and O–H groups in total. The molecule has 0 radical (unpaired) electrons. The highest BCUT2D eigenvalue weighted by Crippen LogP contribution is 2.09. The minimum atomic E-state index is -3.08. The third kappa shape index (κ3) is 7.75. The molecule has 23 heavy (non-hydrogen) atoms. The van der Waals surface area contributed by atoms with Gasteiger partial charge in [-0.05, 0) is 12.0 Å². The summed E-state index contributed by atoms with van der Waals surface area (Å²) in [5.41, 5.74) is 6.77. The zero-order valence-electron chi connectivity index (χ0n) is 13.1. The highest BCUT2D eigenvalue weighted by Gasteiger charge is 2.13. The van der Waals surface area contributed by atoms with Gasteiger partial charge in [0.2, 0.25) is 0 Å². The Morgan fingerprint density at radius 1 is 1.22 bits per heavy atom. The van der Waals surface area contributed by atoms with Crippen LogP contribution >= 0.6 is 35.7 Å². The molecular weight excluding hydrogens is 445 g/mol. The van der Waals surface area contributed by atoms with Crippen molar-refractivity contribution in [1.82, 2.24) is 4.90 Å². The minimum absolute atomic E-state index is 0. The van der Waals surface area contributed by atoms with E-state index in [2.05, 4.69) is 9.89 Å². The number of hydrogen-bond acceptors (Lipinski definition) is 4. The van der Waals surface area contributed by atoms with Gasteiger partial charge in [0.15, 0.2) is 15.8 Å². The molecule has 0 spiro atoms. The fourth-order valence-corrected chi connectivity index (χ4v) is 4.59. The fourth-order valence-electron chi connectivity index (χ4n) is 2.27. The fraction of sp³-hybridized carbons (Fsp3) is 0.533. The van der Waals surface area contributed by atoms with Gasteiger partial charge in [0, 0.05) is 31.1 Å². The van der Waals surface area contributed by atoms with Crippen molar-refractivity contribution in [3.05, 3.63) is 35.9 Å². The molecule has 5 nitrogen and oxygen atoms in total. The molecule has 1 fully saturated rings. The summed E-state index contributed by atoms with van der Waals surface area (Å²) in [4.78, 5) is 6.37. The topological polar surface area (TPSA) is 75.8 Å². The third-order valence-electron chi connectivity index (χ3n) is 3.45. The average Bonchev–Trinajstić information content (AvgIpc) is 2.53. The molecule has 1 aromatic carbocycles. The van der Waals surface area contributed by atoms with Gasteiger partial charge in [-0.2, -0.15) is 11.8 Å². The first-order valence-electron chi connectivity index (χ1n) is 7.44. The van der Waals surface area contributed by atoms with E-state index in [9.17, 15) is 8.42 Å². The Balaban J connectivity index is 0.00000264. The Morgan fingerprint density at radius 3 is 2.52 bits per heavy atom. The molecule has 8 heteroatoms. The van der Waals surface area contributed by atoms with E-state index in [1.165, 1.54) is 0 Å². The minimum Gasteiger partial charge on any atom is -0.370 e. The van der Waals surface area contributed by atoms with Crippen molar-refractivity contribution in [3.8, 4) is 0 Å². The van der Waals surface area contributed by atoms with E-state index in [0.717, 1.165) is 30.2 Å². The van der Waals surface area contributed by atoms with E-state index >= 15 is 0 Å². The van der Waals surface area contributed by atoms with Crippen LogP contribution < -0.4 is 5.73 Å². The van der Waals surface area contributed by atoms with Gasteiger partial charge in [-0.1, -0.05) is 30.3 Å². The van der Waals surface area contributed by atoms with Crippen LogP contribution in [0.15, 0.2) is 35.3 Å². The first-order valence-corrected chi connectivity index (χ1v) is 10.4. The SMILES string of the molecule is I.NC(=NCCCS(=O)(=O)Cc1ccccc1)N1CCSCC1. The van der Waals surface area contributed by atoms with E-state index in [0.29, 0.717) is 18.9 Å². The number of nitrogens with zero attached hydrogens (tertiary/aromatic N) is 2. The van der Waals surface area contributed by atoms with Crippen LogP contribution in [0.4, 0.5) is 0 Å². The molecule has 1 aliphatic rings. The van der Waals surface area contributed by atoms with Crippen molar-refractivity contribution in [3.63, 3.8) is 0 Å². The Kier molecular flexibility index (Phi) is 9.30. The molecule has 2 rings (SSSR count). The lowest BCUT2D eigenvalue weighted by molar-refractivity contribution is 0.455. The summed E-state index contributed by atoms with van der Waals surface area (Å²) in [6, 6.07) is 9.26. The molecule has 1 aromatic rings. The molecule has 0 unspecified atom stereocenters. The van der Waals surface area contributed by atoms with Gasteiger partial charge in [0.05, 0.1) is 11.5 Å². The molecule has 0 aromatic heterocycles. The molecule has 130 valence electrons. The molecule has 0 saturated carbocycles. The molecule has 0 amide bonds. The largest absolute Gasteiger partial charge is 0.370 e. The van der Waals surface area contributed by atoms with E-state index in [1.54, 1.807) is 0 Å². The summed E-state index contributed by atoms with van der Waals surface area (Å²) in [5.74, 6) is 2.93. The Labute approximate surface area is 160 Å². The standard InChI is InChI=1S/C15H23N3O2S2.HI/c16-15(18-8-10-21-11-9-18)17-7-4-12-22(19,20)13-14-5-2-1-3-6-14;/h1-3,5-6H,4,7-13H2,(H2,16,17);1H. The lowest BCUT2D eigenvalue weighted by Crippen LogP contribution is -2.42. The smallest absolute Gasteiger partial charge is 0.191 e. The van der Waals surface area contributed by atoms with Crippen LogP contribution in [0.1, 0.15) is 12.0 Å². The van der Waals surface area contributed by atoms with Gasteiger partial charge in [0.1, 0.15) is 0 Å². The maximum atomic E-state index is 12.1. The van der Waals surface area contributed by atoms with E-state index in [1.807, 2.05) is 42.1 Å². The summed E-state index contributed by atoms with van der Waals surface area (Å²) in [6.07, 6.45) is 0.512. The predicted octanol–water partition coefficient (Wildman–Crippen LogP) is 1.97. The van der Waals surface area contributed by atoms with E-state index in [-0.39, 0.29) is 35.5 Å². The summed E-state index contributed by atoms with van der Waals surface area (Å²) in [7, 11) is -3.08. The number of benzene rings is 1. The maximum absolute atomic E-state index is 12.1. The Bertz CT molecular complexity index is 588. The maximum Gasteiger partial charge on any atom is 0.191 e. The molecule has 0 aliphatic carbocycles. The molecule has 0 atom stereocenters. The average molecular weight is 469 g/mol. The predicted molar refractivity (Wildman–Crippen MR) is 109 cm³/mol. The number of sulfone groups is 1. The zero-order chi connectivity index (χ0) is 15.8. The molecule has 1 aliphatic heterocycles. The second kappa shape index (κ2) is 10.4. The second-order valence-electron chi connectivity index (χ2n) is 5.27. The Morgan fingerprint density at radius 2 is 1.87 bits per heavy atom. The van der Waals surface area contributed by atoms with Gasteiger partial charge >= 0.3 is 0 Å². The number of aliphatic imine (C=N–C) groups is 1. The van der Waals surface area contributed by atoms with E-state index < -0.39 is 9.84 Å². The number of guanidine groups is 1. The van der Waals surface area contributed by atoms with Gasteiger partial charge < -0.3 is 10.6 Å². The van der Waals surface area contributed by atoms with Crippen molar-refractivity contribution >= 4 is 51.5 Å². The zero-order valence-corrected chi connectivity index (χ0v) is 17.0. The van der Waals surface area contributed by atoms with Gasteiger partial charge in [-0.25, -0.2) is 8.42 Å². The third-order valence-corrected chi connectivity index (χ3v) is 6.08. The number of nitrogens with two attached hydrogens (primary N) is 1. The number of hydrogen-bond donors (Lipinski definition) is 1. The van der Waals surface area contributed by atoms with Crippen LogP contribution in [-0.2, 0) is 15.6 Å². The monoisotopic (exact) mass is 469 g/mol. The first kappa shape index (κ1) is 20.6. The van der Waals surface area contributed by atoms with Crippen LogP contribution in [-0.4, -0.2) is 56.2 Å². The molecule has 1 heterocycles. The summed E-state index contributed by atoms with van der Waals surface area (Å²) < 4.78 is 24.1. The van der Waals surface area contributed by atoms with Crippen LogP contribution in [0, 0.1) is 0 Å². The lowest BCUT2D eigenvalue weighted by Gasteiger charge is -2.27. The number of rotatable bonds is 6. The van der Waals surface area contributed by atoms with Crippen LogP contribution in [0.25, 0.3) is 0 Å². The van der Waals surface area contributed by atoms with Crippen molar-refractivity contribution in [2.45, 2.75) is 12.2 Å².